The predicted octanol–water partition coefficient (Wildman–Crippen LogP) is 0.938. The van der Waals surface area contributed by atoms with Gasteiger partial charge in [0.25, 0.3) is 0 Å². The highest BCUT2D eigenvalue weighted by Crippen LogP contribution is 2.57. The molecule has 1 saturated heterocycles. The fourth-order valence-corrected chi connectivity index (χ4v) is 2.96. The largest absolute Gasteiger partial charge is 0.369 e. The first kappa shape index (κ1) is 10.2. The summed E-state index contributed by atoms with van der Waals surface area (Å²) in [7, 11) is 3.49. The molecular formula is C7H14N2OS2. The summed E-state index contributed by atoms with van der Waals surface area (Å²) < 4.78 is 0.431. The van der Waals surface area contributed by atoms with Crippen molar-refractivity contribution in [2.24, 2.45) is 17.4 Å². The van der Waals surface area contributed by atoms with Gasteiger partial charge in [0, 0.05) is 0 Å². The standard InChI is InChI=1S/C7H14N2OS2/c8-4-2-1-3-5(6(9)10)7-11-12-7/h5,7H,1-4,8H2,(H2,9,10)/t5-/m0/s1. The number of rotatable bonds is 6. The molecule has 1 rings (SSSR count). The van der Waals surface area contributed by atoms with Crippen molar-refractivity contribution < 1.29 is 4.79 Å². The fourth-order valence-electron chi connectivity index (χ4n) is 1.09. The average Bonchev–Trinajstić information content (AvgIpc) is 2.80. The van der Waals surface area contributed by atoms with E-state index in [2.05, 4.69) is 0 Å². The lowest BCUT2D eigenvalue weighted by Gasteiger charge is -2.08. The lowest BCUT2D eigenvalue weighted by Crippen LogP contribution is -2.26. The molecule has 0 aliphatic carbocycles. The summed E-state index contributed by atoms with van der Waals surface area (Å²) in [5.74, 6) is -0.0962. The van der Waals surface area contributed by atoms with Gasteiger partial charge in [-0.15, -0.1) is 0 Å². The van der Waals surface area contributed by atoms with Gasteiger partial charge in [-0.3, -0.25) is 4.79 Å². The van der Waals surface area contributed by atoms with E-state index in [4.69, 9.17) is 11.5 Å². The monoisotopic (exact) mass is 206 g/mol. The van der Waals surface area contributed by atoms with Crippen LogP contribution in [0.4, 0.5) is 0 Å². The molecule has 0 bridgehead atoms. The van der Waals surface area contributed by atoms with Crippen LogP contribution in [0, 0.1) is 5.92 Å². The molecule has 0 spiro atoms. The van der Waals surface area contributed by atoms with E-state index in [0.29, 0.717) is 11.1 Å². The van der Waals surface area contributed by atoms with Gasteiger partial charge in [0.15, 0.2) is 0 Å². The van der Waals surface area contributed by atoms with E-state index in [0.717, 1.165) is 19.3 Å². The number of hydrogen-bond acceptors (Lipinski definition) is 4. The molecule has 70 valence electrons. The molecule has 1 atom stereocenters. The topological polar surface area (TPSA) is 69.1 Å². The Morgan fingerprint density at radius 3 is 2.50 bits per heavy atom. The Labute approximate surface area is 80.4 Å². The molecule has 1 aliphatic rings. The quantitative estimate of drug-likeness (QED) is 0.385. The first-order valence-electron chi connectivity index (χ1n) is 4.07. The molecule has 0 aromatic rings. The number of unbranched alkanes of at least 4 members (excludes halogenated alkanes) is 1. The molecule has 0 aromatic heterocycles. The van der Waals surface area contributed by atoms with E-state index in [1.165, 1.54) is 0 Å². The number of carbonyl (C=O) groups excluding carboxylic acids is 1. The van der Waals surface area contributed by atoms with Gasteiger partial charge in [-0.05, 0) is 19.4 Å². The molecule has 0 aromatic carbocycles. The summed E-state index contributed by atoms with van der Waals surface area (Å²) >= 11 is 0. The Morgan fingerprint density at radius 1 is 1.42 bits per heavy atom. The summed E-state index contributed by atoms with van der Waals surface area (Å²) in [5.41, 5.74) is 10.6. The smallest absolute Gasteiger partial charge is 0.222 e. The van der Waals surface area contributed by atoms with Crippen LogP contribution < -0.4 is 11.5 Å². The number of primary amides is 1. The zero-order valence-electron chi connectivity index (χ0n) is 6.86. The highest BCUT2D eigenvalue weighted by Gasteiger charge is 2.36. The zero-order chi connectivity index (χ0) is 8.97. The molecule has 0 radical (unpaired) electrons. The van der Waals surface area contributed by atoms with E-state index < -0.39 is 0 Å². The minimum Gasteiger partial charge on any atom is -0.369 e. The van der Waals surface area contributed by atoms with Crippen LogP contribution >= 0.6 is 21.6 Å². The van der Waals surface area contributed by atoms with Crippen molar-refractivity contribution in [1.29, 1.82) is 0 Å². The molecule has 3 nitrogen and oxygen atoms in total. The van der Waals surface area contributed by atoms with Crippen LogP contribution in [0.5, 0.6) is 0 Å². The van der Waals surface area contributed by atoms with E-state index >= 15 is 0 Å². The van der Waals surface area contributed by atoms with Gasteiger partial charge in [0.05, 0.1) is 10.5 Å². The summed E-state index contributed by atoms with van der Waals surface area (Å²) in [5, 5.41) is 0. The van der Waals surface area contributed by atoms with E-state index in [-0.39, 0.29) is 11.8 Å². The predicted molar refractivity (Wildman–Crippen MR) is 54.6 cm³/mol. The molecule has 12 heavy (non-hydrogen) atoms. The summed E-state index contributed by atoms with van der Waals surface area (Å²) in [6.07, 6.45) is 2.91. The van der Waals surface area contributed by atoms with E-state index in [9.17, 15) is 4.79 Å². The lowest BCUT2D eigenvalue weighted by molar-refractivity contribution is -0.121. The third-order valence-electron chi connectivity index (χ3n) is 1.87. The normalized spacial score (nSPS) is 19.1. The molecule has 5 heteroatoms. The van der Waals surface area contributed by atoms with E-state index in [1.807, 2.05) is 0 Å². The second-order valence-electron chi connectivity index (χ2n) is 2.85. The number of nitrogens with two attached hydrogens (primary N) is 2. The Kier molecular flexibility index (Phi) is 4.25. The molecule has 1 aliphatic heterocycles. The van der Waals surface area contributed by atoms with Gasteiger partial charge in [0.1, 0.15) is 0 Å². The van der Waals surface area contributed by atoms with Gasteiger partial charge >= 0.3 is 0 Å². The summed E-state index contributed by atoms with van der Waals surface area (Å²) in [4.78, 5) is 10.9. The first-order chi connectivity index (χ1) is 5.75. The van der Waals surface area contributed by atoms with Crippen LogP contribution in [0.3, 0.4) is 0 Å². The van der Waals surface area contributed by atoms with Crippen molar-refractivity contribution in [3.05, 3.63) is 0 Å². The SMILES string of the molecule is NCCCC[C@@H](C(N)=O)C1SS1. The molecule has 1 amide bonds. The Hall–Kier alpha value is 0.130. The van der Waals surface area contributed by atoms with Crippen LogP contribution in [-0.4, -0.2) is 17.0 Å². The van der Waals surface area contributed by atoms with Crippen molar-refractivity contribution in [3.8, 4) is 0 Å². The molecule has 4 N–H and O–H groups in total. The first-order valence-corrected chi connectivity index (χ1v) is 6.35. The fraction of sp³-hybridized carbons (Fsp3) is 0.857. The zero-order valence-corrected chi connectivity index (χ0v) is 8.50. The Morgan fingerprint density at radius 2 is 2.08 bits per heavy atom. The molecular weight excluding hydrogens is 192 g/mol. The van der Waals surface area contributed by atoms with Crippen LogP contribution in [-0.2, 0) is 4.79 Å². The Bertz CT molecular complexity index is 161. The molecule has 0 saturated carbocycles. The van der Waals surface area contributed by atoms with Gasteiger partial charge in [-0.25, -0.2) is 0 Å². The summed E-state index contributed by atoms with van der Waals surface area (Å²) in [6, 6.07) is 0. The Balaban J connectivity index is 2.19. The molecule has 1 fully saturated rings. The third kappa shape index (κ3) is 3.25. The van der Waals surface area contributed by atoms with Crippen molar-refractivity contribution in [1.82, 2.24) is 0 Å². The van der Waals surface area contributed by atoms with Crippen molar-refractivity contribution >= 4 is 27.5 Å². The van der Waals surface area contributed by atoms with Crippen LogP contribution in [0.2, 0.25) is 0 Å². The van der Waals surface area contributed by atoms with Crippen molar-refractivity contribution in [2.45, 2.75) is 23.8 Å². The van der Waals surface area contributed by atoms with Crippen molar-refractivity contribution in [2.75, 3.05) is 6.54 Å². The van der Waals surface area contributed by atoms with Crippen molar-refractivity contribution in [3.63, 3.8) is 0 Å². The second-order valence-corrected chi connectivity index (χ2v) is 5.71. The highest BCUT2D eigenvalue weighted by molar-refractivity contribution is 8.92. The minimum absolute atomic E-state index is 0.0616. The van der Waals surface area contributed by atoms with Crippen LogP contribution in [0.1, 0.15) is 19.3 Å². The van der Waals surface area contributed by atoms with Gasteiger partial charge in [0.2, 0.25) is 5.91 Å². The van der Waals surface area contributed by atoms with Gasteiger partial charge < -0.3 is 11.5 Å². The third-order valence-corrected chi connectivity index (χ3v) is 4.19. The maximum absolute atomic E-state index is 10.9. The van der Waals surface area contributed by atoms with Crippen LogP contribution in [0.25, 0.3) is 0 Å². The number of amides is 1. The minimum atomic E-state index is -0.158. The number of carbonyl (C=O) groups is 1. The summed E-state index contributed by atoms with van der Waals surface area (Å²) in [6.45, 7) is 0.705. The number of hydrogen-bond donors (Lipinski definition) is 2. The van der Waals surface area contributed by atoms with Gasteiger partial charge in [-0.1, -0.05) is 28.0 Å². The maximum Gasteiger partial charge on any atom is 0.222 e. The van der Waals surface area contributed by atoms with Crippen LogP contribution in [0.15, 0.2) is 0 Å². The van der Waals surface area contributed by atoms with Gasteiger partial charge in [-0.2, -0.15) is 0 Å². The second kappa shape index (κ2) is 4.99. The average molecular weight is 206 g/mol. The lowest BCUT2D eigenvalue weighted by atomic mass is 10.0. The highest BCUT2D eigenvalue weighted by atomic mass is 33.2. The molecule has 0 unspecified atom stereocenters. The molecule has 1 heterocycles. The maximum atomic E-state index is 10.9. The van der Waals surface area contributed by atoms with E-state index in [1.54, 1.807) is 21.6 Å².